The molecule has 2 aromatic carbocycles. The van der Waals surface area contributed by atoms with E-state index in [9.17, 15) is 0 Å². The monoisotopic (exact) mass is 318 g/mol. The lowest BCUT2D eigenvalue weighted by atomic mass is 10.2. The van der Waals surface area contributed by atoms with Crippen LogP contribution >= 0.6 is 0 Å². The van der Waals surface area contributed by atoms with Gasteiger partial charge in [0.15, 0.2) is 5.82 Å². The van der Waals surface area contributed by atoms with Crippen LogP contribution in [0.2, 0.25) is 0 Å². The SMILES string of the molecule is C(=NN(c1ccccc1)c1ccccc1)c1nccn1CC1CO1. The number of hydrogen-bond donors (Lipinski definition) is 0. The molecule has 120 valence electrons. The quantitative estimate of drug-likeness (QED) is 0.397. The van der Waals surface area contributed by atoms with Crippen molar-refractivity contribution in [2.24, 2.45) is 5.10 Å². The van der Waals surface area contributed by atoms with E-state index >= 15 is 0 Å². The zero-order valence-corrected chi connectivity index (χ0v) is 13.2. The number of benzene rings is 2. The maximum atomic E-state index is 5.30. The zero-order valence-electron chi connectivity index (χ0n) is 13.2. The third-order valence-corrected chi connectivity index (χ3v) is 3.84. The zero-order chi connectivity index (χ0) is 16.2. The normalized spacial score (nSPS) is 16.4. The fourth-order valence-electron chi connectivity index (χ4n) is 2.53. The lowest BCUT2D eigenvalue weighted by Gasteiger charge is -2.19. The van der Waals surface area contributed by atoms with Crippen LogP contribution < -0.4 is 5.01 Å². The van der Waals surface area contributed by atoms with Gasteiger partial charge in [0.1, 0.15) is 0 Å². The number of rotatable bonds is 6. The molecule has 5 nitrogen and oxygen atoms in total. The topological polar surface area (TPSA) is 46.0 Å². The molecule has 5 heteroatoms. The van der Waals surface area contributed by atoms with Gasteiger partial charge in [-0.25, -0.2) is 9.99 Å². The number of anilines is 2. The second-order valence-corrected chi connectivity index (χ2v) is 5.62. The Labute approximate surface area is 140 Å². The highest BCUT2D eigenvalue weighted by molar-refractivity contribution is 5.77. The summed E-state index contributed by atoms with van der Waals surface area (Å²) in [5, 5.41) is 6.59. The van der Waals surface area contributed by atoms with Crippen LogP contribution in [-0.2, 0) is 11.3 Å². The van der Waals surface area contributed by atoms with Crippen molar-refractivity contribution in [1.29, 1.82) is 0 Å². The van der Waals surface area contributed by atoms with Crippen molar-refractivity contribution in [2.75, 3.05) is 11.6 Å². The number of hydrogen-bond acceptors (Lipinski definition) is 4. The van der Waals surface area contributed by atoms with Gasteiger partial charge in [-0.15, -0.1) is 0 Å². The predicted molar refractivity (Wildman–Crippen MR) is 94.6 cm³/mol. The van der Waals surface area contributed by atoms with Crippen molar-refractivity contribution in [2.45, 2.75) is 12.6 Å². The van der Waals surface area contributed by atoms with Gasteiger partial charge in [-0.3, -0.25) is 0 Å². The summed E-state index contributed by atoms with van der Waals surface area (Å²) in [5.74, 6) is 0.822. The molecule has 1 aliphatic rings. The Balaban J connectivity index is 1.63. The molecule has 0 amide bonds. The van der Waals surface area contributed by atoms with E-state index in [4.69, 9.17) is 4.74 Å². The van der Waals surface area contributed by atoms with Gasteiger partial charge in [-0.05, 0) is 24.3 Å². The summed E-state index contributed by atoms with van der Waals surface area (Å²) in [7, 11) is 0. The number of epoxide rings is 1. The first-order valence-corrected chi connectivity index (χ1v) is 7.97. The molecule has 0 radical (unpaired) electrons. The van der Waals surface area contributed by atoms with Crippen LogP contribution in [0.1, 0.15) is 5.82 Å². The average Bonchev–Trinajstić information content (AvgIpc) is 3.35. The van der Waals surface area contributed by atoms with Gasteiger partial charge in [0.2, 0.25) is 0 Å². The third-order valence-electron chi connectivity index (χ3n) is 3.84. The number of hydrazone groups is 1. The molecular formula is C19H18N4O. The van der Waals surface area contributed by atoms with Crippen molar-refractivity contribution in [3.05, 3.63) is 78.9 Å². The van der Waals surface area contributed by atoms with Gasteiger partial charge in [0.25, 0.3) is 0 Å². The summed E-state index contributed by atoms with van der Waals surface area (Å²) in [5.41, 5.74) is 2.01. The molecule has 1 saturated heterocycles. The van der Waals surface area contributed by atoms with Gasteiger partial charge < -0.3 is 9.30 Å². The lowest BCUT2D eigenvalue weighted by molar-refractivity contribution is 0.382. The molecule has 24 heavy (non-hydrogen) atoms. The fraction of sp³-hybridized carbons (Fsp3) is 0.158. The summed E-state index contributed by atoms with van der Waals surface area (Å²) in [6.07, 6.45) is 5.85. The van der Waals surface area contributed by atoms with Crippen molar-refractivity contribution in [3.8, 4) is 0 Å². The van der Waals surface area contributed by atoms with E-state index in [0.717, 1.165) is 30.4 Å². The van der Waals surface area contributed by atoms with E-state index in [2.05, 4.69) is 14.7 Å². The molecule has 0 bridgehead atoms. The molecule has 1 atom stereocenters. The Kier molecular flexibility index (Phi) is 4.08. The van der Waals surface area contributed by atoms with Crippen LogP contribution in [0.25, 0.3) is 0 Å². The van der Waals surface area contributed by atoms with Crippen LogP contribution in [-0.4, -0.2) is 28.5 Å². The van der Waals surface area contributed by atoms with E-state index in [1.165, 1.54) is 0 Å². The molecule has 0 aliphatic carbocycles. The van der Waals surface area contributed by atoms with Gasteiger partial charge in [-0.1, -0.05) is 36.4 Å². The molecule has 2 heterocycles. The highest BCUT2D eigenvalue weighted by Gasteiger charge is 2.23. The number of ether oxygens (including phenoxy) is 1. The standard InChI is InChI=1S/C19H18N4O/c1-3-7-16(8-4-1)23(17-9-5-2-6-10-17)21-13-19-20-11-12-22(19)14-18-15-24-18/h1-13,18H,14-15H2. The minimum absolute atomic E-state index is 0.311. The Morgan fingerprint density at radius 1 is 1.08 bits per heavy atom. The van der Waals surface area contributed by atoms with Crippen LogP contribution in [0.5, 0.6) is 0 Å². The second-order valence-electron chi connectivity index (χ2n) is 5.62. The van der Waals surface area contributed by atoms with Crippen molar-refractivity contribution in [1.82, 2.24) is 9.55 Å². The van der Waals surface area contributed by atoms with Crippen LogP contribution in [0.4, 0.5) is 11.4 Å². The first-order valence-electron chi connectivity index (χ1n) is 7.97. The van der Waals surface area contributed by atoms with Crippen molar-refractivity contribution >= 4 is 17.6 Å². The first kappa shape index (κ1) is 14.7. The average molecular weight is 318 g/mol. The molecule has 0 saturated carbocycles. The van der Waals surface area contributed by atoms with Gasteiger partial charge >= 0.3 is 0 Å². The van der Waals surface area contributed by atoms with Gasteiger partial charge in [-0.2, -0.15) is 5.10 Å². The molecule has 0 spiro atoms. The predicted octanol–water partition coefficient (Wildman–Crippen LogP) is 3.45. The molecule has 1 unspecified atom stereocenters. The van der Waals surface area contributed by atoms with Gasteiger partial charge in [0, 0.05) is 12.4 Å². The fourth-order valence-corrected chi connectivity index (χ4v) is 2.53. The molecule has 1 fully saturated rings. The molecule has 3 aromatic rings. The lowest BCUT2D eigenvalue weighted by Crippen LogP contribution is -2.12. The number of aromatic nitrogens is 2. The summed E-state index contributed by atoms with van der Waals surface area (Å²) in [6.45, 7) is 1.65. The van der Waals surface area contributed by atoms with E-state index < -0.39 is 0 Å². The maximum absolute atomic E-state index is 5.30. The number of nitrogens with zero attached hydrogens (tertiary/aromatic N) is 4. The summed E-state index contributed by atoms with van der Waals surface area (Å²) in [4.78, 5) is 4.39. The van der Waals surface area contributed by atoms with E-state index in [1.807, 2.05) is 71.9 Å². The molecule has 4 rings (SSSR count). The second kappa shape index (κ2) is 6.68. The molecule has 0 N–H and O–H groups in total. The third kappa shape index (κ3) is 3.36. The summed E-state index contributed by atoms with van der Waals surface area (Å²) in [6, 6.07) is 20.2. The Morgan fingerprint density at radius 2 is 1.71 bits per heavy atom. The minimum Gasteiger partial charge on any atom is -0.371 e. The van der Waals surface area contributed by atoms with E-state index in [0.29, 0.717) is 6.10 Å². The highest BCUT2D eigenvalue weighted by atomic mass is 16.6. The van der Waals surface area contributed by atoms with Crippen molar-refractivity contribution in [3.63, 3.8) is 0 Å². The van der Waals surface area contributed by atoms with Gasteiger partial charge in [0.05, 0.1) is 36.8 Å². The van der Waals surface area contributed by atoms with Crippen molar-refractivity contribution < 1.29 is 4.74 Å². The largest absolute Gasteiger partial charge is 0.371 e. The number of para-hydroxylation sites is 2. The summed E-state index contributed by atoms with van der Waals surface area (Å²) >= 11 is 0. The molecular weight excluding hydrogens is 300 g/mol. The smallest absolute Gasteiger partial charge is 0.152 e. The Morgan fingerprint density at radius 3 is 2.29 bits per heavy atom. The minimum atomic E-state index is 0.311. The van der Waals surface area contributed by atoms with E-state index in [-0.39, 0.29) is 0 Å². The molecule has 1 aliphatic heterocycles. The Hall–Kier alpha value is -2.92. The van der Waals surface area contributed by atoms with Crippen LogP contribution in [0.15, 0.2) is 78.2 Å². The van der Waals surface area contributed by atoms with Crippen LogP contribution in [0.3, 0.4) is 0 Å². The maximum Gasteiger partial charge on any atom is 0.152 e. The van der Waals surface area contributed by atoms with E-state index in [1.54, 1.807) is 12.4 Å². The Bertz CT molecular complexity index is 770. The summed E-state index contributed by atoms with van der Waals surface area (Å²) < 4.78 is 7.36. The van der Waals surface area contributed by atoms with Crippen LogP contribution in [0, 0.1) is 0 Å². The number of imidazole rings is 1. The first-order chi connectivity index (χ1) is 11.9. The molecule has 1 aromatic heterocycles. The highest BCUT2D eigenvalue weighted by Crippen LogP contribution is 2.25.